The molecule has 1 aromatic carbocycles. The van der Waals surface area contributed by atoms with Crippen molar-refractivity contribution in [2.45, 2.75) is 68.2 Å². The highest BCUT2D eigenvalue weighted by molar-refractivity contribution is 8.00. The van der Waals surface area contributed by atoms with E-state index in [9.17, 15) is 18.0 Å². The Bertz CT molecular complexity index is 786. The molecule has 8 heteroatoms. The number of aromatic nitrogens is 2. The summed E-state index contributed by atoms with van der Waals surface area (Å²) < 4.78 is 40.6. The molecule has 0 saturated heterocycles. The molecule has 1 amide bonds. The second-order valence-corrected chi connectivity index (χ2v) is 8.40. The molecule has 0 bridgehead atoms. The predicted molar refractivity (Wildman–Crippen MR) is 104 cm³/mol. The van der Waals surface area contributed by atoms with Crippen molar-refractivity contribution in [1.29, 1.82) is 0 Å². The minimum Gasteiger partial charge on any atom is -0.352 e. The fourth-order valence-electron chi connectivity index (χ4n) is 3.40. The van der Waals surface area contributed by atoms with E-state index < -0.39 is 18.0 Å². The number of imidazole rings is 1. The van der Waals surface area contributed by atoms with Gasteiger partial charge in [-0.3, -0.25) is 4.79 Å². The average molecular weight is 411 g/mol. The van der Waals surface area contributed by atoms with Crippen molar-refractivity contribution in [3.8, 4) is 11.3 Å². The third kappa shape index (κ3) is 5.53. The van der Waals surface area contributed by atoms with Crippen LogP contribution in [0.3, 0.4) is 0 Å². The van der Waals surface area contributed by atoms with Gasteiger partial charge in [0.25, 0.3) is 0 Å². The number of carbonyl (C=O) groups excluding carboxylic acids is 1. The second-order valence-electron chi connectivity index (χ2n) is 7.10. The minimum absolute atomic E-state index is 0.153. The number of rotatable bonds is 6. The molecule has 1 unspecified atom stereocenters. The highest BCUT2D eigenvalue weighted by atomic mass is 32.2. The molecule has 28 heavy (non-hydrogen) atoms. The van der Waals surface area contributed by atoms with Crippen LogP contribution in [0, 0.1) is 0 Å². The first-order valence-corrected chi connectivity index (χ1v) is 10.4. The van der Waals surface area contributed by atoms with E-state index in [-0.39, 0.29) is 17.1 Å². The van der Waals surface area contributed by atoms with E-state index in [1.165, 1.54) is 12.6 Å². The van der Waals surface area contributed by atoms with Crippen LogP contribution in [0.5, 0.6) is 0 Å². The summed E-state index contributed by atoms with van der Waals surface area (Å²) in [6.07, 6.45) is 2.37. The SMILES string of the molecule is CC(Sc1ncc(-c2ccccc2)n1CC(F)(F)F)C(=O)NC1CCCCC1. The highest BCUT2D eigenvalue weighted by Gasteiger charge is 2.32. The quantitative estimate of drug-likeness (QED) is 0.678. The summed E-state index contributed by atoms with van der Waals surface area (Å²) in [7, 11) is 0. The average Bonchev–Trinajstić information content (AvgIpc) is 3.03. The largest absolute Gasteiger partial charge is 0.406 e. The topological polar surface area (TPSA) is 46.9 Å². The van der Waals surface area contributed by atoms with Gasteiger partial charge in [-0.25, -0.2) is 4.98 Å². The number of benzene rings is 1. The molecule has 1 atom stereocenters. The number of hydrogen-bond donors (Lipinski definition) is 1. The van der Waals surface area contributed by atoms with Gasteiger partial charge < -0.3 is 9.88 Å². The summed E-state index contributed by atoms with van der Waals surface area (Å²) in [6.45, 7) is 0.564. The zero-order valence-electron chi connectivity index (χ0n) is 15.7. The van der Waals surface area contributed by atoms with Gasteiger partial charge in [0.2, 0.25) is 5.91 Å². The maximum atomic E-state index is 13.2. The summed E-state index contributed by atoms with van der Waals surface area (Å²) >= 11 is 1.06. The van der Waals surface area contributed by atoms with Crippen LogP contribution in [0.1, 0.15) is 39.0 Å². The van der Waals surface area contributed by atoms with Crippen LogP contribution >= 0.6 is 11.8 Å². The van der Waals surface area contributed by atoms with Gasteiger partial charge >= 0.3 is 6.18 Å². The van der Waals surface area contributed by atoms with Gasteiger partial charge in [-0.1, -0.05) is 61.4 Å². The van der Waals surface area contributed by atoms with Crippen molar-refractivity contribution in [3.05, 3.63) is 36.5 Å². The molecule has 1 aliphatic carbocycles. The van der Waals surface area contributed by atoms with E-state index in [0.717, 1.165) is 42.0 Å². The van der Waals surface area contributed by atoms with E-state index in [1.54, 1.807) is 37.3 Å². The Balaban J connectivity index is 1.76. The number of amides is 1. The lowest BCUT2D eigenvalue weighted by Gasteiger charge is -2.24. The van der Waals surface area contributed by atoms with Gasteiger partial charge in [-0.15, -0.1) is 0 Å². The number of nitrogens with zero attached hydrogens (tertiary/aromatic N) is 2. The zero-order valence-corrected chi connectivity index (χ0v) is 16.5. The lowest BCUT2D eigenvalue weighted by atomic mass is 9.95. The molecular formula is C20H24F3N3OS. The summed E-state index contributed by atoms with van der Waals surface area (Å²) in [5.41, 5.74) is 1.05. The van der Waals surface area contributed by atoms with Crippen LogP contribution in [0.2, 0.25) is 0 Å². The maximum Gasteiger partial charge on any atom is 0.406 e. The number of carbonyl (C=O) groups is 1. The molecule has 2 aromatic rings. The van der Waals surface area contributed by atoms with Crippen molar-refractivity contribution in [2.24, 2.45) is 0 Å². The first kappa shape index (κ1) is 20.8. The summed E-state index contributed by atoms with van der Waals surface area (Å²) in [6, 6.07) is 9.01. The van der Waals surface area contributed by atoms with E-state index in [2.05, 4.69) is 10.3 Å². The van der Waals surface area contributed by atoms with Gasteiger partial charge in [-0.2, -0.15) is 13.2 Å². The van der Waals surface area contributed by atoms with Crippen molar-refractivity contribution in [2.75, 3.05) is 0 Å². The summed E-state index contributed by atoms with van der Waals surface area (Å²) in [5, 5.41) is 2.69. The zero-order chi connectivity index (χ0) is 20.1. The monoisotopic (exact) mass is 411 g/mol. The molecule has 0 aliphatic heterocycles. The van der Waals surface area contributed by atoms with Crippen LogP contribution < -0.4 is 5.32 Å². The Labute approximate surface area is 166 Å². The van der Waals surface area contributed by atoms with E-state index in [0.29, 0.717) is 11.3 Å². The first-order chi connectivity index (χ1) is 13.3. The predicted octanol–water partition coefficient (Wildman–Crippen LogP) is 5.04. The normalized spacial score (nSPS) is 16.7. The minimum atomic E-state index is -4.38. The Morgan fingerprint density at radius 1 is 1.25 bits per heavy atom. The smallest absolute Gasteiger partial charge is 0.352 e. The molecule has 0 spiro atoms. The molecule has 1 fully saturated rings. The summed E-state index contributed by atoms with van der Waals surface area (Å²) in [4.78, 5) is 16.7. The van der Waals surface area contributed by atoms with Crippen LogP contribution in [-0.2, 0) is 11.3 Å². The Morgan fingerprint density at radius 2 is 1.93 bits per heavy atom. The molecule has 1 aromatic heterocycles. The van der Waals surface area contributed by atoms with E-state index >= 15 is 0 Å². The van der Waals surface area contributed by atoms with Crippen molar-refractivity contribution < 1.29 is 18.0 Å². The van der Waals surface area contributed by atoms with Gasteiger partial charge in [0.15, 0.2) is 5.16 Å². The van der Waals surface area contributed by atoms with Crippen LogP contribution in [0.25, 0.3) is 11.3 Å². The molecule has 1 N–H and O–H groups in total. The van der Waals surface area contributed by atoms with E-state index in [4.69, 9.17) is 0 Å². The Kier molecular flexibility index (Phi) is 6.69. The third-order valence-corrected chi connectivity index (χ3v) is 5.93. The highest BCUT2D eigenvalue weighted by Crippen LogP contribution is 2.32. The van der Waals surface area contributed by atoms with Crippen LogP contribution in [-0.4, -0.2) is 32.9 Å². The first-order valence-electron chi connectivity index (χ1n) is 9.48. The molecule has 0 radical (unpaired) electrons. The maximum absolute atomic E-state index is 13.2. The number of hydrogen-bond acceptors (Lipinski definition) is 3. The van der Waals surface area contributed by atoms with Gasteiger partial charge in [0, 0.05) is 6.04 Å². The lowest BCUT2D eigenvalue weighted by molar-refractivity contribution is -0.141. The third-order valence-electron chi connectivity index (χ3n) is 4.83. The van der Waals surface area contributed by atoms with E-state index in [1.807, 2.05) is 0 Å². The fourth-order valence-corrected chi connectivity index (χ4v) is 4.30. The molecule has 4 nitrogen and oxygen atoms in total. The summed E-state index contributed by atoms with van der Waals surface area (Å²) in [5.74, 6) is -0.153. The lowest BCUT2D eigenvalue weighted by Crippen LogP contribution is -2.40. The molecule has 1 heterocycles. The number of nitrogens with one attached hydrogen (secondary N) is 1. The van der Waals surface area contributed by atoms with Gasteiger partial charge in [0.05, 0.1) is 17.1 Å². The molecule has 3 rings (SSSR count). The Morgan fingerprint density at radius 3 is 2.57 bits per heavy atom. The second kappa shape index (κ2) is 9.03. The Hall–Kier alpha value is -1.96. The number of thioether (sulfide) groups is 1. The molecular weight excluding hydrogens is 387 g/mol. The van der Waals surface area contributed by atoms with Crippen molar-refractivity contribution >= 4 is 17.7 Å². The van der Waals surface area contributed by atoms with Crippen molar-refractivity contribution in [3.63, 3.8) is 0 Å². The standard InChI is InChI=1S/C20H24F3N3OS/c1-14(18(27)25-16-10-6-3-7-11-16)28-19-24-12-17(15-8-4-2-5-9-15)26(19)13-20(21,22)23/h2,4-5,8-9,12,14,16H,3,6-7,10-11,13H2,1H3,(H,25,27). The number of halogens is 3. The van der Waals surface area contributed by atoms with Crippen molar-refractivity contribution in [1.82, 2.24) is 14.9 Å². The molecule has 1 saturated carbocycles. The van der Waals surface area contributed by atoms with Gasteiger partial charge in [-0.05, 0) is 25.3 Å². The fraction of sp³-hybridized carbons (Fsp3) is 0.500. The molecule has 152 valence electrons. The number of alkyl halides is 3. The van der Waals surface area contributed by atoms with Crippen LogP contribution in [0.15, 0.2) is 41.7 Å². The van der Waals surface area contributed by atoms with Crippen LogP contribution in [0.4, 0.5) is 13.2 Å². The molecule has 1 aliphatic rings. The van der Waals surface area contributed by atoms with Gasteiger partial charge in [0.1, 0.15) is 6.54 Å².